The molecule has 0 radical (unpaired) electrons. The SMILES string of the molecule is O=C(OCC(=O)N1CCN(c2ccccn2)CC1)C1CCN(S(=O)(=O)c2ccccc2F)CC1. The van der Waals surface area contributed by atoms with Gasteiger partial charge in [-0.3, -0.25) is 9.59 Å². The fourth-order valence-corrected chi connectivity index (χ4v) is 5.73. The molecule has 0 saturated carbocycles. The highest BCUT2D eigenvalue weighted by molar-refractivity contribution is 7.89. The first-order chi connectivity index (χ1) is 16.4. The molecule has 0 atom stereocenters. The molecule has 182 valence electrons. The van der Waals surface area contributed by atoms with Crippen LogP contribution in [-0.4, -0.2) is 80.4 Å². The first-order valence-corrected chi connectivity index (χ1v) is 12.7. The van der Waals surface area contributed by atoms with E-state index in [0.29, 0.717) is 26.2 Å². The van der Waals surface area contributed by atoms with Crippen LogP contribution < -0.4 is 4.90 Å². The third-order valence-electron chi connectivity index (χ3n) is 6.19. The number of pyridine rings is 1. The number of anilines is 1. The standard InChI is InChI=1S/C23H27FN4O5S/c24-19-5-1-2-6-20(19)34(31,32)28-11-8-18(9-12-28)23(30)33-17-22(29)27-15-13-26(14-16-27)21-7-3-4-10-25-21/h1-7,10,18H,8-9,11-17H2. The number of esters is 1. The molecular weight excluding hydrogens is 463 g/mol. The maximum Gasteiger partial charge on any atom is 0.309 e. The van der Waals surface area contributed by atoms with Crippen LogP contribution in [0.4, 0.5) is 10.2 Å². The molecule has 0 bridgehead atoms. The van der Waals surface area contributed by atoms with Gasteiger partial charge in [-0.1, -0.05) is 18.2 Å². The lowest BCUT2D eigenvalue weighted by atomic mass is 9.98. The second-order valence-corrected chi connectivity index (χ2v) is 10.2. The molecule has 2 fully saturated rings. The Morgan fingerprint density at radius 3 is 2.29 bits per heavy atom. The second kappa shape index (κ2) is 10.5. The third kappa shape index (κ3) is 5.36. The molecule has 0 aliphatic carbocycles. The molecule has 34 heavy (non-hydrogen) atoms. The number of ether oxygens (including phenoxy) is 1. The van der Waals surface area contributed by atoms with Crippen molar-refractivity contribution in [2.24, 2.45) is 5.92 Å². The van der Waals surface area contributed by atoms with Crippen molar-refractivity contribution >= 4 is 27.7 Å². The zero-order chi connectivity index (χ0) is 24.1. The lowest BCUT2D eigenvalue weighted by molar-refractivity contribution is -0.156. The number of carbonyl (C=O) groups is 2. The van der Waals surface area contributed by atoms with Crippen LogP contribution in [0.25, 0.3) is 0 Å². The number of nitrogens with zero attached hydrogens (tertiary/aromatic N) is 4. The lowest BCUT2D eigenvalue weighted by Crippen LogP contribution is -2.50. The summed E-state index contributed by atoms with van der Waals surface area (Å²) in [6, 6.07) is 10.9. The highest BCUT2D eigenvalue weighted by atomic mass is 32.2. The summed E-state index contributed by atoms with van der Waals surface area (Å²) in [7, 11) is -3.97. The zero-order valence-electron chi connectivity index (χ0n) is 18.7. The average molecular weight is 491 g/mol. The molecular formula is C23H27FN4O5S. The van der Waals surface area contributed by atoms with Crippen molar-refractivity contribution in [3.8, 4) is 0 Å². The summed E-state index contributed by atoms with van der Waals surface area (Å²) in [4.78, 5) is 32.7. The normalized spacial score (nSPS) is 18.0. The van der Waals surface area contributed by atoms with E-state index in [2.05, 4.69) is 9.88 Å². The molecule has 2 aromatic rings. The minimum Gasteiger partial charge on any atom is -0.455 e. The van der Waals surface area contributed by atoms with Crippen molar-refractivity contribution in [3.63, 3.8) is 0 Å². The van der Waals surface area contributed by atoms with Crippen molar-refractivity contribution in [1.82, 2.24) is 14.2 Å². The van der Waals surface area contributed by atoms with Crippen LogP contribution in [0.1, 0.15) is 12.8 Å². The van der Waals surface area contributed by atoms with Gasteiger partial charge in [0.15, 0.2) is 6.61 Å². The van der Waals surface area contributed by atoms with Crippen molar-refractivity contribution in [2.45, 2.75) is 17.7 Å². The van der Waals surface area contributed by atoms with Crippen molar-refractivity contribution < 1.29 is 27.1 Å². The van der Waals surface area contributed by atoms with Gasteiger partial charge in [0, 0.05) is 45.5 Å². The molecule has 0 N–H and O–H groups in total. The van der Waals surface area contributed by atoms with Gasteiger partial charge in [0.05, 0.1) is 5.92 Å². The second-order valence-electron chi connectivity index (χ2n) is 8.27. The number of aromatic nitrogens is 1. The molecule has 2 aliphatic rings. The van der Waals surface area contributed by atoms with Gasteiger partial charge in [-0.15, -0.1) is 0 Å². The molecule has 1 amide bonds. The Morgan fingerprint density at radius 1 is 0.971 bits per heavy atom. The first kappa shape index (κ1) is 24.1. The van der Waals surface area contributed by atoms with Gasteiger partial charge in [0.25, 0.3) is 5.91 Å². The Labute approximate surface area is 198 Å². The quantitative estimate of drug-likeness (QED) is 0.566. The Balaban J connectivity index is 1.22. The summed E-state index contributed by atoms with van der Waals surface area (Å²) in [6.45, 7) is 2.14. The molecule has 2 saturated heterocycles. The summed E-state index contributed by atoms with van der Waals surface area (Å²) in [5.41, 5.74) is 0. The molecule has 1 aromatic carbocycles. The van der Waals surface area contributed by atoms with E-state index in [9.17, 15) is 22.4 Å². The molecule has 1 aromatic heterocycles. The lowest BCUT2D eigenvalue weighted by Gasteiger charge is -2.35. The number of halogens is 1. The van der Waals surface area contributed by atoms with E-state index >= 15 is 0 Å². The van der Waals surface area contributed by atoms with E-state index in [4.69, 9.17) is 4.74 Å². The Bertz CT molecular complexity index is 1120. The Kier molecular flexibility index (Phi) is 7.42. The Morgan fingerprint density at radius 2 is 1.65 bits per heavy atom. The molecule has 2 aliphatic heterocycles. The minimum atomic E-state index is -3.97. The van der Waals surface area contributed by atoms with Gasteiger partial charge < -0.3 is 14.5 Å². The summed E-state index contributed by atoms with van der Waals surface area (Å²) in [6.07, 6.45) is 2.24. The smallest absolute Gasteiger partial charge is 0.309 e. The maximum atomic E-state index is 14.0. The fraction of sp³-hybridized carbons (Fsp3) is 0.435. The van der Waals surface area contributed by atoms with Crippen LogP contribution in [0, 0.1) is 11.7 Å². The number of benzene rings is 1. The number of piperazine rings is 1. The minimum absolute atomic E-state index is 0.0832. The van der Waals surface area contributed by atoms with Crippen LogP contribution in [-0.2, 0) is 24.3 Å². The van der Waals surface area contributed by atoms with Crippen molar-refractivity contribution in [3.05, 3.63) is 54.5 Å². The predicted octanol–water partition coefficient (Wildman–Crippen LogP) is 1.51. The predicted molar refractivity (Wildman–Crippen MR) is 122 cm³/mol. The van der Waals surface area contributed by atoms with E-state index in [1.807, 2.05) is 18.2 Å². The zero-order valence-corrected chi connectivity index (χ0v) is 19.5. The van der Waals surface area contributed by atoms with Gasteiger partial charge in [0.2, 0.25) is 10.0 Å². The molecule has 3 heterocycles. The van der Waals surface area contributed by atoms with Gasteiger partial charge in [0.1, 0.15) is 16.5 Å². The fourth-order valence-electron chi connectivity index (χ4n) is 4.19. The first-order valence-electron chi connectivity index (χ1n) is 11.2. The highest BCUT2D eigenvalue weighted by Gasteiger charge is 2.34. The van der Waals surface area contributed by atoms with Crippen LogP contribution in [0.2, 0.25) is 0 Å². The monoisotopic (exact) mass is 490 g/mol. The number of carbonyl (C=O) groups excluding carboxylic acids is 2. The molecule has 0 unspecified atom stereocenters. The van der Waals surface area contributed by atoms with Crippen LogP contribution in [0.15, 0.2) is 53.6 Å². The Hall–Kier alpha value is -3.05. The average Bonchev–Trinajstić information content (AvgIpc) is 2.88. The number of hydrogen-bond acceptors (Lipinski definition) is 7. The summed E-state index contributed by atoms with van der Waals surface area (Å²) >= 11 is 0. The number of amides is 1. The summed E-state index contributed by atoms with van der Waals surface area (Å²) in [5, 5.41) is 0. The van der Waals surface area contributed by atoms with Gasteiger partial charge in [-0.2, -0.15) is 4.31 Å². The molecule has 0 spiro atoms. The maximum absolute atomic E-state index is 14.0. The van der Waals surface area contributed by atoms with Gasteiger partial charge in [-0.05, 0) is 37.1 Å². The number of sulfonamides is 1. The summed E-state index contributed by atoms with van der Waals surface area (Å²) < 4.78 is 45.8. The molecule has 4 rings (SSSR count). The number of hydrogen-bond donors (Lipinski definition) is 0. The highest BCUT2D eigenvalue weighted by Crippen LogP contribution is 2.26. The van der Waals surface area contributed by atoms with Gasteiger partial charge >= 0.3 is 5.97 Å². The number of piperidine rings is 1. The molecule has 11 heteroatoms. The van der Waals surface area contributed by atoms with E-state index in [1.165, 1.54) is 22.5 Å². The van der Waals surface area contributed by atoms with Crippen molar-refractivity contribution in [1.29, 1.82) is 0 Å². The van der Waals surface area contributed by atoms with Gasteiger partial charge in [-0.25, -0.2) is 17.8 Å². The van der Waals surface area contributed by atoms with E-state index in [-0.39, 0.29) is 43.3 Å². The van der Waals surface area contributed by atoms with Crippen LogP contribution in [0.5, 0.6) is 0 Å². The number of rotatable bonds is 6. The van der Waals surface area contributed by atoms with Crippen molar-refractivity contribution in [2.75, 3.05) is 50.8 Å². The van der Waals surface area contributed by atoms with E-state index < -0.39 is 27.7 Å². The summed E-state index contributed by atoms with van der Waals surface area (Å²) in [5.74, 6) is -1.20. The third-order valence-corrected chi connectivity index (χ3v) is 8.12. The largest absolute Gasteiger partial charge is 0.455 e. The topological polar surface area (TPSA) is 100 Å². The van der Waals surface area contributed by atoms with Crippen LogP contribution >= 0.6 is 0 Å². The van der Waals surface area contributed by atoms with E-state index in [0.717, 1.165) is 11.9 Å². The van der Waals surface area contributed by atoms with E-state index in [1.54, 1.807) is 11.1 Å². The molecule has 9 nitrogen and oxygen atoms in total. The van der Waals surface area contributed by atoms with Crippen LogP contribution in [0.3, 0.4) is 0 Å².